The van der Waals surface area contributed by atoms with Crippen LogP contribution >= 0.6 is 0 Å². The molecule has 28 heavy (non-hydrogen) atoms. The van der Waals surface area contributed by atoms with Crippen molar-refractivity contribution < 1.29 is 9.53 Å². The van der Waals surface area contributed by atoms with Gasteiger partial charge in [-0.05, 0) is 56.4 Å². The monoisotopic (exact) mass is 379 g/mol. The maximum Gasteiger partial charge on any atom is 0.216 e. The predicted molar refractivity (Wildman–Crippen MR) is 111 cm³/mol. The SMILES string of the molecule is CC(=O)NC[C@H]1[C@H]2CN(c3cc(C)c4ccc(C)c(C)c4n3)C[C@]23CC[C@H]1O3. The molecule has 3 fully saturated rings. The molecule has 0 unspecified atom stereocenters. The van der Waals surface area contributed by atoms with Crippen molar-refractivity contribution in [2.45, 2.75) is 52.2 Å². The van der Waals surface area contributed by atoms with E-state index < -0.39 is 0 Å². The lowest BCUT2D eigenvalue weighted by Crippen LogP contribution is -2.41. The lowest BCUT2D eigenvalue weighted by Gasteiger charge is -2.29. The van der Waals surface area contributed by atoms with Gasteiger partial charge in [0.05, 0.1) is 17.2 Å². The van der Waals surface area contributed by atoms with Gasteiger partial charge in [-0.1, -0.05) is 12.1 Å². The molecule has 5 rings (SSSR count). The molecule has 1 aromatic heterocycles. The average molecular weight is 380 g/mol. The van der Waals surface area contributed by atoms with Gasteiger partial charge in [-0.3, -0.25) is 4.79 Å². The minimum atomic E-state index is -0.0556. The van der Waals surface area contributed by atoms with Gasteiger partial charge in [0, 0.05) is 43.8 Å². The first-order chi connectivity index (χ1) is 13.4. The van der Waals surface area contributed by atoms with Crippen molar-refractivity contribution in [3.63, 3.8) is 0 Å². The zero-order valence-corrected chi connectivity index (χ0v) is 17.2. The molecule has 3 aliphatic rings. The number of benzene rings is 1. The van der Waals surface area contributed by atoms with Gasteiger partial charge >= 0.3 is 0 Å². The molecule has 4 heterocycles. The van der Waals surface area contributed by atoms with Crippen molar-refractivity contribution >= 4 is 22.6 Å². The molecule has 1 N–H and O–H groups in total. The molecule has 4 atom stereocenters. The van der Waals surface area contributed by atoms with Crippen LogP contribution in [0.2, 0.25) is 0 Å². The van der Waals surface area contributed by atoms with Gasteiger partial charge in [0.1, 0.15) is 5.82 Å². The number of ether oxygens (including phenoxy) is 1. The molecule has 1 amide bonds. The van der Waals surface area contributed by atoms with Crippen LogP contribution in [0, 0.1) is 32.6 Å². The second kappa shape index (κ2) is 6.18. The number of aromatic nitrogens is 1. The highest BCUT2D eigenvalue weighted by Crippen LogP contribution is 2.55. The molecule has 2 aromatic rings. The van der Waals surface area contributed by atoms with Crippen molar-refractivity contribution in [3.8, 4) is 0 Å². The van der Waals surface area contributed by atoms with Crippen LogP contribution in [-0.2, 0) is 9.53 Å². The highest BCUT2D eigenvalue weighted by Gasteiger charge is 2.63. The Balaban J connectivity index is 1.47. The normalized spacial score (nSPS) is 30.9. The molecule has 0 radical (unpaired) electrons. The van der Waals surface area contributed by atoms with E-state index in [0.717, 1.165) is 43.8 Å². The fourth-order valence-corrected chi connectivity index (χ4v) is 5.74. The fourth-order valence-electron chi connectivity index (χ4n) is 5.74. The standard InChI is InChI=1S/C23H29N3O2/c1-13-5-6-17-14(2)9-21(25-22(17)15(13)3)26-11-19-18(10-24-16(4)27)20-7-8-23(19,12-26)28-20/h5-6,9,18-20H,7-8,10-12H2,1-4H3,(H,24,27)/t18-,19+,20+,23+/m0/s1. The average Bonchev–Trinajstić information content (AvgIpc) is 3.31. The molecule has 148 valence electrons. The predicted octanol–water partition coefficient (Wildman–Crippen LogP) is 3.28. The summed E-state index contributed by atoms with van der Waals surface area (Å²) in [7, 11) is 0. The van der Waals surface area contributed by atoms with Crippen molar-refractivity contribution in [1.29, 1.82) is 0 Å². The number of hydrogen-bond acceptors (Lipinski definition) is 4. The van der Waals surface area contributed by atoms with Gasteiger partial charge in [-0.25, -0.2) is 4.98 Å². The Labute approximate surface area is 166 Å². The second-order valence-electron chi connectivity index (χ2n) is 9.05. The Morgan fingerprint density at radius 3 is 2.93 bits per heavy atom. The maximum atomic E-state index is 11.4. The van der Waals surface area contributed by atoms with Crippen LogP contribution in [0.1, 0.15) is 36.5 Å². The van der Waals surface area contributed by atoms with E-state index in [1.807, 2.05) is 0 Å². The van der Waals surface area contributed by atoms with E-state index in [1.54, 1.807) is 6.92 Å². The lowest BCUT2D eigenvalue weighted by molar-refractivity contribution is -0.119. The smallest absolute Gasteiger partial charge is 0.216 e. The molecule has 0 aliphatic carbocycles. The number of hydrogen-bond donors (Lipinski definition) is 1. The number of carbonyl (C=O) groups is 1. The minimum absolute atomic E-state index is 0.0457. The van der Waals surface area contributed by atoms with Crippen molar-refractivity contribution in [3.05, 3.63) is 34.9 Å². The van der Waals surface area contributed by atoms with Gasteiger partial charge in [-0.15, -0.1) is 0 Å². The number of anilines is 1. The summed E-state index contributed by atoms with van der Waals surface area (Å²) in [6.45, 7) is 10.7. The number of amides is 1. The molecule has 2 bridgehead atoms. The third-order valence-corrected chi connectivity index (χ3v) is 7.39. The van der Waals surface area contributed by atoms with Gasteiger partial charge in [0.15, 0.2) is 0 Å². The van der Waals surface area contributed by atoms with Crippen LogP contribution in [0.3, 0.4) is 0 Å². The Kier molecular flexibility index (Phi) is 3.96. The third kappa shape index (κ3) is 2.55. The Morgan fingerprint density at radius 2 is 2.14 bits per heavy atom. The van der Waals surface area contributed by atoms with E-state index in [2.05, 4.69) is 49.2 Å². The first kappa shape index (κ1) is 17.9. The number of carbonyl (C=O) groups excluding carboxylic acids is 1. The summed E-state index contributed by atoms with van der Waals surface area (Å²) >= 11 is 0. The van der Waals surface area contributed by atoms with E-state index >= 15 is 0 Å². The number of aryl methyl sites for hydroxylation is 3. The van der Waals surface area contributed by atoms with E-state index in [0.29, 0.717) is 17.9 Å². The van der Waals surface area contributed by atoms with Gasteiger partial charge in [0.25, 0.3) is 0 Å². The minimum Gasteiger partial charge on any atom is -0.369 e. The summed E-state index contributed by atoms with van der Waals surface area (Å²) < 4.78 is 6.52. The number of pyridine rings is 1. The molecule has 5 heteroatoms. The zero-order valence-electron chi connectivity index (χ0n) is 17.2. The van der Waals surface area contributed by atoms with E-state index in [1.165, 1.54) is 22.1 Å². The number of nitrogens with zero attached hydrogens (tertiary/aromatic N) is 2. The van der Waals surface area contributed by atoms with Crippen LogP contribution in [0.15, 0.2) is 18.2 Å². The molecular weight excluding hydrogens is 350 g/mol. The summed E-state index contributed by atoms with van der Waals surface area (Å²) in [5.41, 5.74) is 4.88. The molecule has 5 nitrogen and oxygen atoms in total. The molecule has 0 saturated carbocycles. The van der Waals surface area contributed by atoms with E-state index in [4.69, 9.17) is 9.72 Å². The van der Waals surface area contributed by atoms with Crippen LogP contribution in [0.25, 0.3) is 10.9 Å². The largest absolute Gasteiger partial charge is 0.369 e. The molecule has 1 aromatic carbocycles. The van der Waals surface area contributed by atoms with Gasteiger partial charge < -0.3 is 15.0 Å². The molecule has 3 saturated heterocycles. The summed E-state index contributed by atoms with van der Waals surface area (Å²) in [6.07, 6.45) is 2.53. The number of fused-ring (bicyclic) bond motifs is 2. The molecule has 3 aliphatic heterocycles. The first-order valence-corrected chi connectivity index (χ1v) is 10.4. The van der Waals surface area contributed by atoms with E-state index in [-0.39, 0.29) is 11.5 Å². The quantitative estimate of drug-likeness (QED) is 0.889. The molecular formula is C23H29N3O2. The van der Waals surface area contributed by atoms with Crippen molar-refractivity contribution in [2.24, 2.45) is 11.8 Å². The molecule has 1 spiro atoms. The summed E-state index contributed by atoms with van der Waals surface area (Å²) in [6, 6.07) is 6.60. The van der Waals surface area contributed by atoms with Crippen LogP contribution in [-0.4, -0.2) is 42.2 Å². The summed E-state index contributed by atoms with van der Waals surface area (Å²) in [5, 5.41) is 4.27. The highest BCUT2D eigenvalue weighted by atomic mass is 16.5. The topological polar surface area (TPSA) is 54.5 Å². The fraction of sp³-hybridized carbons (Fsp3) is 0.565. The summed E-state index contributed by atoms with van der Waals surface area (Å²) in [5.74, 6) is 1.99. The van der Waals surface area contributed by atoms with Crippen LogP contribution < -0.4 is 10.2 Å². The van der Waals surface area contributed by atoms with Crippen LogP contribution in [0.5, 0.6) is 0 Å². The van der Waals surface area contributed by atoms with Crippen LogP contribution in [0.4, 0.5) is 5.82 Å². The highest BCUT2D eigenvalue weighted by molar-refractivity contribution is 5.87. The number of nitrogens with one attached hydrogen (secondary N) is 1. The second-order valence-corrected chi connectivity index (χ2v) is 9.05. The maximum absolute atomic E-state index is 11.4. The number of rotatable bonds is 3. The Morgan fingerprint density at radius 1 is 1.32 bits per heavy atom. The van der Waals surface area contributed by atoms with Crippen molar-refractivity contribution in [2.75, 3.05) is 24.5 Å². The lowest BCUT2D eigenvalue weighted by atomic mass is 9.73. The van der Waals surface area contributed by atoms with E-state index in [9.17, 15) is 4.79 Å². The van der Waals surface area contributed by atoms with Gasteiger partial charge in [-0.2, -0.15) is 0 Å². The zero-order chi connectivity index (χ0) is 19.6. The third-order valence-electron chi connectivity index (χ3n) is 7.39. The Hall–Kier alpha value is -2.14. The van der Waals surface area contributed by atoms with Crippen molar-refractivity contribution in [1.82, 2.24) is 10.3 Å². The van der Waals surface area contributed by atoms with Gasteiger partial charge in [0.2, 0.25) is 5.91 Å². The Bertz CT molecular complexity index is 972. The first-order valence-electron chi connectivity index (χ1n) is 10.4. The summed E-state index contributed by atoms with van der Waals surface area (Å²) in [4.78, 5) is 18.9.